The van der Waals surface area contributed by atoms with E-state index in [1.165, 1.54) is 33.3 Å². The molecule has 0 saturated heterocycles. The van der Waals surface area contributed by atoms with E-state index in [-0.39, 0.29) is 18.2 Å². The summed E-state index contributed by atoms with van der Waals surface area (Å²) in [6.07, 6.45) is 0. The molecule has 0 aromatic heterocycles. The summed E-state index contributed by atoms with van der Waals surface area (Å²) in [6, 6.07) is 9.22. The third-order valence-electron chi connectivity index (χ3n) is 3.15. The Morgan fingerprint density at radius 1 is 1.05 bits per heavy atom. The molecule has 0 spiro atoms. The Labute approximate surface area is 128 Å². The van der Waals surface area contributed by atoms with Gasteiger partial charge in [0, 0.05) is 12.1 Å². The molecule has 0 saturated carbocycles. The number of ether oxygens (including phenoxy) is 3. The van der Waals surface area contributed by atoms with Gasteiger partial charge in [-0.1, -0.05) is 12.1 Å². The zero-order valence-corrected chi connectivity index (χ0v) is 12.7. The maximum absolute atomic E-state index is 12.9. The van der Waals surface area contributed by atoms with Crippen molar-refractivity contribution >= 4 is 5.78 Å². The van der Waals surface area contributed by atoms with Gasteiger partial charge in [-0.15, -0.1) is 0 Å². The Balaban J connectivity index is 2.31. The molecule has 0 N–H and O–H groups in total. The first-order chi connectivity index (χ1) is 10.5. The number of methoxy groups -OCH3 is 2. The number of carbonyl (C=O) groups is 1. The number of Topliss-reactive ketones (excluding diaryl/α,β-unsaturated/α-hetero) is 1. The Morgan fingerprint density at radius 2 is 1.68 bits per heavy atom. The van der Waals surface area contributed by atoms with Crippen LogP contribution >= 0.6 is 0 Å². The van der Waals surface area contributed by atoms with Crippen molar-refractivity contribution in [3.63, 3.8) is 0 Å². The summed E-state index contributed by atoms with van der Waals surface area (Å²) >= 11 is 0. The fourth-order valence-corrected chi connectivity index (χ4v) is 2.05. The standard InChI is InChI=1S/C17H17FO4/c1-11(19)17-15(21-3)8-14(20-2)9-16(17)22-10-12-4-6-13(18)7-5-12/h4-9H,10H2,1-3H3. The van der Waals surface area contributed by atoms with Crippen molar-refractivity contribution < 1.29 is 23.4 Å². The van der Waals surface area contributed by atoms with Crippen LogP contribution in [0.15, 0.2) is 36.4 Å². The molecule has 0 fully saturated rings. The van der Waals surface area contributed by atoms with Crippen LogP contribution in [-0.2, 0) is 6.61 Å². The number of ketones is 1. The molecule has 0 aliphatic rings. The average molecular weight is 304 g/mol. The van der Waals surface area contributed by atoms with Crippen LogP contribution in [0.3, 0.4) is 0 Å². The SMILES string of the molecule is COc1cc(OC)c(C(C)=O)c(OCc2ccc(F)cc2)c1. The molecular formula is C17H17FO4. The molecule has 0 atom stereocenters. The van der Waals surface area contributed by atoms with Gasteiger partial charge in [-0.3, -0.25) is 4.79 Å². The molecular weight excluding hydrogens is 287 g/mol. The third kappa shape index (κ3) is 3.55. The summed E-state index contributed by atoms with van der Waals surface area (Å²) in [6.45, 7) is 1.64. The number of halogens is 1. The van der Waals surface area contributed by atoms with Crippen LogP contribution in [0.4, 0.5) is 4.39 Å². The number of rotatable bonds is 6. The Kier molecular flexibility index (Phi) is 4.99. The quantitative estimate of drug-likeness (QED) is 0.765. The van der Waals surface area contributed by atoms with Crippen molar-refractivity contribution in [2.24, 2.45) is 0 Å². The van der Waals surface area contributed by atoms with E-state index in [2.05, 4.69) is 0 Å². The predicted octanol–water partition coefficient (Wildman–Crippen LogP) is 3.62. The second kappa shape index (κ2) is 6.93. The van der Waals surface area contributed by atoms with Gasteiger partial charge in [0.2, 0.25) is 0 Å². The molecule has 22 heavy (non-hydrogen) atoms. The van der Waals surface area contributed by atoms with E-state index in [1.807, 2.05) is 0 Å². The van der Waals surface area contributed by atoms with Crippen molar-refractivity contribution in [3.8, 4) is 17.2 Å². The van der Waals surface area contributed by atoms with Crippen molar-refractivity contribution in [2.75, 3.05) is 14.2 Å². The van der Waals surface area contributed by atoms with E-state index < -0.39 is 0 Å². The first-order valence-corrected chi connectivity index (χ1v) is 6.69. The third-order valence-corrected chi connectivity index (χ3v) is 3.15. The largest absolute Gasteiger partial charge is 0.496 e. The Morgan fingerprint density at radius 3 is 2.23 bits per heavy atom. The maximum Gasteiger partial charge on any atom is 0.167 e. The zero-order chi connectivity index (χ0) is 16.1. The van der Waals surface area contributed by atoms with Gasteiger partial charge in [-0.25, -0.2) is 4.39 Å². The lowest BCUT2D eigenvalue weighted by Crippen LogP contribution is -2.05. The van der Waals surface area contributed by atoms with Crippen LogP contribution in [0.25, 0.3) is 0 Å². The van der Waals surface area contributed by atoms with Gasteiger partial charge in [0.15, 0.2) is 5.78 Å². The van der Waals surface area contributed by atoms with Crippen molar-refractivity contribution in [2.45, 2.75) is 13.5 Å². The summed E-state index contributed by atoms with van der Waals surface area (Å²) in [5.41, 5.74) is 1.14. The summed E-state index contributed by atoms with van der Waals surface area (Å²) in [4.78, 5) is 11.9. The van der Waals surface area contributed by atoms with E-state index in [0.29, 0.717) is 22.8 Å². The van der Waals surface area contributed by atoms with Gasteiger partial charge >= 0.3 is 0 Å². The average Bonchev–Trinajstić information content (AvgIpc) is 2.53. The first-order valence-electron chi connectivity index (χ1n) is 6.69. The number of hydrogen-bond acceptors (Lipinski definition) is 4. The van der Waals surface area contributed by atoms with E-state index in [4.69, 9.17) is 14.2 Å². The first kappa shape index (κ1) is 15.8. The fourth-order valence-electron chi connectivity index (χ4n) is 2.05. The molecule has 2 aromatic rings. The number of carbonyl (C=O) groups excluding carboxylic acids is 1. The summed E-state index contributed by atoms with van der Waals surface area (Å²) in [5.74, 6) is 0.801. The van der Waals surface area contributed by atoms with E-state index in [0.717, 1.165) is 5.56 Å². The highest BCUT2D eigenvalue weighted by Gasteiger charge is 2.17. The number of hydrogen-bond donors (Lipinski definition) is 0. The smallest absolute Gasteiger partial charge is 0.167 e. The molecule has 2 rings (SSSR count). The minimum Gasteiger partial charge on any atom is -0.496 e. The van der Waals surface area contributed by atoms with Crippen LogP contribution in [-0.4, -0.2) is 20.0 Å². The summed E-state index contributed by atoms with van der Waals surface area (Å²) in [5, 5.41) is 0. The molecule has 2 aromatic carbocycles. The maximum atomic E-state index is 12.9. The number of benzene rings is 2. The molecule has 0 amide bonds. The Bertz CT molecular complexity index is 665. The van der Waals surface area contributed by atoms with Crippen molar-refractivity contribution in [1.82, 2.24) is 0 Å². The molecule has 116 valence electrons. The van der Waals surface area contributed by atoms with Crippen LogP contribution < -0.4 is 14.2 Å². The zero-order valence-electron chi connectivity index (χ0n) is 12.7. The lowest BCUT2D eigenvalue weighted by atomic mass is 10.1. The topological polar surface area (TPSA) is 44.8 Å². The van der Waals surface area contributed by atoms with Crippen LogP contribution in [0, 0.1) is 5.82 Å². The lowest BCUT2D eigenvalue weighted by Gasteiger charge is -2.15. The fraction of sp³-hybridized carbons (Fsp3) is 0.235. The predicted molar refractivity (Wildman–Crippen MR) is 80.3 cm³/mol. The molecule has 0 radical (unpaired) electrons. The van der Waals surface area contributed by atoms with Gasteiger partial charge in [-0.05, 0) is 24.6 Å². The van der Waals surface area contributed by atoms with Crippen molar-refractivity contribution in [3.05, 3.63) is 53.3 Å². The van der Waals surface area contributed by atoms with E-state index >= 15 is 0 Å². The lowest BCUT2D eigenvalue weighted by molar-refractivity contribution is 0.101. The van der Waals surface area contributed by atoms with Crippen LogP contribution in [0.2, 0.25) is 0 Å². The second-order valence-electron chi connectivity index (χ2n) is 4.67. The van der Waals surface area contributed by atoms with Crippen LogP contribution in [0.1, 0.15) is 22.8 Å². The summed E-state index contributed by atoms with van der Waals surface area (Å²) in [7, 11) is 3.00. The molecule has 0 heterocycles. The minimum absolute atomic E-state index is 0.173. The van der Waals surface area contributed by atoms with Gasteiger partial charge < -0.3 is 14.2 Å². The molecule has 4 nitrogen and oxygen atoms in total. The highest BCUT2D eigenvalue weighted by molar-refractivity contribution is 6.00. The second-order valence-corrected chi connectivity index (χ2v) is 4.67. The van der Waals surface area contributed by atoms with Gasteiger partial charge in [-0.2, -0.15) is 0 Å². The van der Waals surface area contributed by atoms with Gasteiger partial charge in [0.1, 0.15) is 35.2 Å². The normalized spacial score (nSPS) is 10.2. The van der Waals surface area contributed by atoms with E-state index in [9.17, 15) is 9.18 Å². The van der Waals surface area contributed by atoms with Gasteiger partial charge in [0.25, 0.3) is 0 Å². The molecule has 0 unspecified atom stereocenters. The Hall–Kier alpha value is -2.56. The van der Waals surface area contributed by atoms with Gasteiger partial charge in [0.05, 0.1) is 14.2 Å². The highest BCUT2D eigenvalue weighted by Crippen LogP contribution is 2.34. The van der Waals surface area contributed by atoms with Crippen molar-refractivity contribution in [1.29, 1.82) is 0 Å². The highest BCUT2D eigenvalue weighted by atomic mass is 19.1. The minimum atomic E-state index is -0.309. The molecule has 0 aliphatic carbocycles. The van der Waals surface area contributed by atoms with Crippen LogP contribution in [0.5, 0.6) is 17.2 Å². The van der Waals surface area contributed by atoms with E-state index in [1.54, 1.807) is 24.3 Å². The monoisotopic (exact) mass is 304 g/mol. The summed E-state index contributed by atoms with van der Waals surface area (Å²) < 4.78 is 29.0. The molecule has 5 heteroatoms. The molecule has 0 bridgehead atoms. The molecule has 0 aliphatic heterocycles.